The van der Waals surface area contributed by atoms with Gasteiger partial charge in [0, 0.05) is 23.8 Å². The van der Waals surface area contributed by atoms with Gasteiger partial charge in [-0.15, -0.1) is 6.58 Å². The lowest BCUT2D eigenvalue weighted by atomic mass is 10.1. The summed E-state index contributed by atoms with van der Waals surface area (Å²) in [7, 11) is 0. The number of hydrogen-bond donors (Lipinski definition) is 1. The van der Waals surface area contributed by atoms with E-state index >= 15 is 0 Å². The van der Waals surface area contributed by atoms with Gasteiger partial charge in [0.05, 0.1) is 0 Å². The number of halogens is 1. The van der Waals surface area contributed by atoms with Crippen LogP contribution in [-0.4, -0.2) is 24.9 Å². The molecule has 0 spiro atoms. The van der Waals surface area contributed by atoms with Gasteiger partial charge in [-0.2, -0.15) is 0 Å². The second kappa shape index (κ2) is 6.09. The zero-order chi connectivity index (χ0) is 14.7. The highest BCUT2D eigenvalue weighted by Gasteiger charge is 2.37. The maximum Gasteiger partial charge on any atom is 0.239 e. The van der Waals surface area contributed by atoms with Crippen molar-refractivity contribution < 1.29 is 9.59 Å². The number of hydrogen-bond acceptors (Lipinski definition) is 2. The fourth-order valence-corrected chi connectivity index (χ4v) is 2.50. The molecule has 1 heterocycles. The average molecular weight is 293 g/mol. The molecule has 1 aromatic carbocycles. The number of aryl methyl sites for hydroxylation is 1. The molecule has 1 aliphatic rings. The van der Waals surface area contributed by atoms with Crippen LogP contribution in [0.15, 0.2) is 30.9 Å². The Hall–Kier alpha value is -1.81. The number of benzene rings is 1. The first kappa shape index (κ1) is 14.6. The van der Waals surface area contributed by atoms with Crippen LogP contribution in [-0.2, 0) is 9.59 Å². The molecule has 0 bridgehead atoms. The zero-order valence-corrected chi connectivity index (χ0v) is 12.1. The van der Waals surface area contributed by atoms with E-state index in [0.29, 0.717) is 24.5 Å². The van der Waals surface area contributed by atoms with Gasteiger partial charge in [-0.25, -0.2) is 0 Å². The van der Waals surface area contributed by atoms with Crippen LogP contribution in [0.1, 0.15) is 12.0 Å². The Kier molecular flexibility index (Phi) is 4.45. The molecule has 1 fully saturated rings. The fourth-order valence-electron chi connectivity index (χ4n) is 2.33. The van der Waals surface area contributed by atoms with Crippen molar-refractivity contribution in [1.82, 2.24) is 5.32 Å². The standard InChI is InChI=1S/C15H17ClN2O2/c1-3-7-17-14(19)12-6-8-18(15(12)20)13-9-11(16)5-4-10(13)2/h3-5,9,12H,1,6-8H2,2H3,(H,17,19). The molecule has 1 unspecified atom stereocenters. The first-order valence-corrected chi connectivity index (χ1v) is 6.88. The molecule has 1 N–H and O–H groups in total. The summed E-state index contributed by atoms with van der Waals surface area (Å²) in [6.07, 6.45) is 2.12. The summed E-state index contributed by atoms with van der Waals surface area (Å²) in [5.74, 6) is -1.03. The third-order valence-electron chi connectivity index (χ3n) is 3.40. The van der Waals surface area contributed by atoms with Gasteiger partial charge in [-0.05, 0) is 31.0 Å². The summed E-state index contributed by atoms with van der Waals surface area (Å²) in [5, 5.41) is 3.25. The van der Waals surface area contributed by atoms with E-state index < -0.39 is 5.92 Å². The lowest BCUT2D eigenvalue weighted by Gasteiger charge is -2.19. The van der Waals surface area contributed by atoms with Gasteiger partial charge < -0.3 is 10.2 Å². The highest BCUT2D eigenvalue weighted by atomic mass is 35.5. The van der Waals surface area contributed by atoms with Gasteiger partial charge in [0.2, 0.25) is 11.8 Å². The summed E-state index contributed by atoms with van der Waals surface area (Å²) in [6, 6.07) is 5.42. The maximum absolute atomic E-state index is 12.4. The Morgan fingerprint density at radius 1 is 1.60 bits per heavy atom. The van der Waals surface area contributed by atoms with Gasteiger partial charge >= 0.3 is 0 Å². The van der Waals surface area contributed by atoms with Crippen LogP contribution in [0.4, 0.5) is 5.69 Å². The Labute approximate surface area is 123 Å². The lowest BCUT2D eigenvalue weighted by Crippen LogP contribution is -2.37. The van der Waals surface area contributed by atoms with E-state index in [9.17, 15) is 9.59 Å². The van der Waals surface area contributed by atoms with Crippen LogP contribution in [0.3, 0.4) is 0 Å². The Morgan fingerprint density at radius 3 is 3.05 bits per heavy atom. The normalized spacial score (nSPS) is 18.2. The fraction of sp³-hybridized carbons (Fsp3) is 0.333. The number of nitrogens with one attached hydrogen (secondary N) is 1. The Morgan fingerprint density at radius 2 is 2.35 bits per heavy atom. The summed E-state index contributed by atoms with van der Waals surface area (Å²) >= 11 is 5.98. The molecule has 0 radical (unpaired) electrons. The van der Waals surface area contributed by atoms with E-state index in [-0.39, 0.29) is 11.8 Å². The molecule has 20 heavy (non-hydrogen) atoms. The van der Waals surface area contributed by atoms with E-state index in [0.717, 1.165) is 11.3 Å². The van der Waals surface area contributed by atoms with Crippen LogP contribution in [0.5, 0.6) is 0 Å². The van der Waals surface area contributed by atoms with Crippen molar-refractivity contribution in [2.45, 2.75) is 13.3 Å². The first-order valence-electron chi connectivity index (χ1n) is 6.50. The Balaban J connectivity index is 2.17. The molecule has 0 aromatic heterocycles. The molecule has 0 saturated carbocycles. The van der Waals surface area contributed by atoms with Crippen molar-refractivity contribution in [3.05, 3.63) is 41.4 Å². The van der Waals surface area contributed by atoms with E-state index in [1.165, 1.54) is 0 Å². The van der Waals surface area contributed by atoms with Crippen LogP contribution < -0.4 is 10.2 Å². The number of anilines is 1. The predicted octanol–water partition coefficient (Wildman–Crippen LogP) is 2.30. The minimum atomic E-state index is -0.617. The lowest BCUT2D eigenvalue weighted by molar-refractivity contribution is -0.131. The van der Waals surface area contributed by atoms with Crippen LogP contribution in [0.25, 0.3) is 0 Å². The van der Waals surface area contributed by atoms with Crippen molar-refractivity contribution in [2.75, 3.05) is 18.0 Å². The highest BCUT2D eigenvalue weighted by Crippen LogP contribution is 2.30. The smallest absolute Gasteiger partial charge is 0.239 e. The molecule has 106 valence electrons. The Bertz CT molecular complexity index is 557. The SMILES string of the molecule is C=CCNC(=O)C1CCN(c2cc(Cl)ccc2C)C1=O. The highest BCUT2D eigenvalue weighted by molar-refractivity contribution is 6.31. The van der Waals surface area contributed by atoms with Gasteiger partial charge in [0.15, 0.2) is 0 Å². The van der Waals surface area contributed by atoms with Crippen LogP contribution in [0.2, 0.25) is 5.02 Å². The molecule has 1 atom stereocenters. The second-order valence-corrected chi connectivity index (χ2v) is 5.23. The van der Waals surface area contributed by atoms with Gasteiger partial charge in [-0.3, -0.25) is 9.59 Å². The molecule has 4 nitrogen and oxygen atoms in total. The van der Waals surface area contributed by atoms with Crippen LogP contribution >= 0.6 is 11.6 Å². The molecule has 5 heteroatoms. The summed E-state index contributed by atoms with van der Waals surface area (Å²) < 4.78 is 0. The number of amides is 2. The monoisotopic (exact) mass is 292 g/mol. The van der Waals surface area contributed by atoms with E-state index in [4.69, 9.17) is 11.6 Å². The summed E-state index contributed by atoms with van der Waals surface area (Å²) in [4.78, 5) is 25.9. The molecule has 2 amide bonds. The van der Waals surface area contributed by atoms with Crippen molar-refractivity contribution in [3.63, 3.8) is 0 Å². The molecular formula is C15H17ClN2O2. The van der Waals surface area contributed by atoms with Crippen molar-refractivity contribution in [1.29, 1.82) is 0 Å². The van der Waals surface area contributed by atoms with E-state index in [2.05, 4.69) is 11.9 Å². The van der Waals surface area contributed by atoms with Gasteiger partial charge in [-0.1, -0.05) is 23.7 Å². The minimum absolute atomic E-state index is 0.170. The van der Waals surface area contributed by atoms with E-state index in [1.807, 2.05) is 13.0 Å². The number of rotatable bonds is 4. The second-order valence-electron chi connectivity index (χ2n) is 4.80. The van der Waals surface area contributed by atoms with E-state index in [1.54, 1.807) is 23.1 Å². The van der Waals surface area contributed by atoms with Crippen molar-refractivity contribution in [3.8, 4) is 0 Å². The topological polar surface area (TPSA) is 49.4 Å². The largest absolute Gasteiger partial charge is 0.352 e. The summed E-state index contributed by atoms with van der Waals surface area (Å²) in [5.41, 5.74) is 1.75. The predicted molar refractivity (Wildman–Crippen MR) is 79.9 cm³/mol. The maximum atomic E-state index is 12.4. The first-order chi connectivity index (χ1) is 9.54. The van der Waals surface area contributed by atoms with Crippen molar-refractivity contribution >= 4 is 29.1 Å². The molecule has 0 aliphatic carbocycles. The molecule has 1 saturated heterocycles. The van der Waals surface area contributed by atoms with Gasteiger partial charge in [0.1, 0.15) is 5.92 Å². The number of carbonyl (C=O) groups is 2. The average Bonchev–Trinajstić information content (AvgIpc) is 2.80. The third kappa shape index (κ3) is 2.85. The third-order valence-corrected chi connectivity index (χ3v) is 3.64. The zero-order valence-electron chi connectivity index (χ0n) is 11.4. The minimum Gasteiger partial charge on any atom is -0.352 e. The molecule has 1 aliphatic heterocycles. The summed E-state index contributed by atoms with van der Waals surface area (Å²) in [6.45, 7) is 6.37. The van der Waals surface area contributed by atoms with Crippen LogP contribution in [0, 0.1) is 12.8 Å². The van der Waals surface area contributed by atoms with Gasteiger partial charge in [0.25, 0.3) is 0 Å². The molecular weight excluding hydrogens is 276 g/mol. The van der Waals surface area contributed by atoms with Crippen molar-refractivity contribution in [2.24, 2.45) is 5.92 Å². The number of carbonyl (C=O) groups excluding carboxylic acids is 2. The quantitative estimate of drug-likeness (QED) is 0.684. The molecule has 1 aromatic rings. The number of nitrogens with zero attached hydrogens (tertiary/aromatic N) is 1. The molecule has 2 rings (SSSR count).